The highest BCUT2D eigenvalue weighted by Gasteiger charge is 2.21. The highest BCUT2D eigenvalue weighted by Crippen LogP contribution is 2.07. The minimum Gasteiger partial charge on any atom is -0.302 e. The fourth-order valence-electron chi connectivity index (χ4n) is 1.81. The van der Waals surface area contributed by atoms with Crippen LogP contribution in [0.5, 0.6) is 0 Å². The van der Waals surface area contributed by atoms with Gasteiger partial charge in [-0.2, -0.15) is 0 Å². The van der Waals surface area contributed by atoms with Gasteiger partial charge in [0.05, 0.1) is 6.54 Å². The quantitative estimate of drug-likeness (QED) is 0.566. The lowest BCUT2D eigenvalue weighted by Crippen LogP contribution is -2.51. The van der Waals surface area contributed by atoms with E-state index in [0.29, 0.717) is 12.6 Å². The number of likely N-dealkylation sites (N-methyl/N-ethyl adjacent to an activating group) is 1. The van der Waals surface area contributed by atoms with Crippen molar-refractivity contribution in [3.63, 3.8) is 0 Å². The summed E-state index contributed by atoms with van der Waals surface area (Å²) in [6, 6.07) is 0.601. The third-order valence-corrected chi connectivity index (χ3v) is 2.59. The number of hydrogen-bond donors (Lipinski definition) is 0. The maximum absolute atomic E-state index is 10.3. The van der Waals surface area contributed by atoms with Crippen molar-refractivity contribution in [2.45, 2.75) is 19.9 Å². The maximum atomic E-state index is 10.3. The predicted octanol–water partition coefficient (Wildman–Crippen LogP) is 0.211. The molecule has 0 aromatic rings. The van der Waals surface area contributed by atoms with Gasteiger partial charge in [0.25, 0.3) is 0 Å². The third kappa shape index (κ3) is 2.29. The van der Waals surface area contributed by atoms with Gasteiger partial charge in [0.15, 0.2) is 0 Å². The van der Waals surface area contributed by atoms with E-state index in [0.717, 1.165) is 32.5 Å². The van der Waals surface area contributed by atoms with Gasteiger partial charge in [0, 0.05) is 25.7 Å². The van der Waals surface area contributed by atoms with Gasteiger partial charge in [-0.1, -0.05) is 6.92 Å². The van der Waals surface area contributed by atoms with Crippen molar-refractivity contribution < 1.29 is 4.79 Å². The minimum absolute atomic E-state index is 0.599. The van der Waals surface area contributed by atoms with Crippen LogP contribution in [-0.4, -0.2) is 54.9 Å². The number of rotatable bonds is 3. The first-order valence-electron chi connectivity index (χ1n) is 4.68. The summed E-state index contributed by atoms with van der Waals surface area (Å²) in [6.07, 6.45) is 0.994. The van der Waals surface area contributed by atoms with Crippen LogP contribution in [-0.2, 0) is 4.79 Å². The largest absolute Gasteiger partial charge is 0.302 e. The summed E-state index contributed by atoms with van der Waals surface area (Å²) in [4.78, 5) is 14.9. The Morgan fingerprint density at radius 3 is 2.75 bits per heavy atom. The van der Waals surface area contributed by atoms with Gasteiger partial charge in [-0.25, -0.2) is 0 Å². The van der Waals surface area contributed by atoms with E-state index in [-0.39, 0.29) is 0 Å². The van der Waals surface area contributed by atoms with Crippen molar-refractivity contribution in [1.29, 1.82) is 0 Å². The molecule has 1 unspecified atom stereocenters. The number of aldehydes is 1. The zero-order valence-electron chi connectivity index (χ0n) is 7.99. The van der Waals surface area contributed by atoms with Crippen molar-refractivity contribution in [3.05, 3.63) is 0 Å². The molecule has 1 aliphatic rings. The molecular weight excluding hydrogens is 152 g/mol. The molecular formula is C9H18N2O. The van der Waals surface area contributed by atoms with Gasteiger partial charge < -0.3 is 4.79 Å². The van der Waals surface area contributed by atoms with Gasteiger partial charge >= 0.3 is 0 Å². The van der Waals surface area contributed by atoms with Crippen molar-refractivity contribution in [2.75, 3.05) is 32.7 Å². The predicted molar refractivity (Wildman–Crippen MR) is 49.2 cm³/mol. The van der Waals surface area contributed by atoms with E-state index in [2.05, 4.69) is 23.6 Å². The molecule has 1 atom stereocenters. The van der Waals surface area contributed by atoms with E-state index in [1.54, 1.807) is 0 Å². The summed E-state index contributed by atoms with van der Waals surface area (Å²) in [6.45, 7) is 9.30. The molecule has 0 spiro atoms. The second kappa shape index (κ2) is 4.58. The number of carbonyl (C=O) groups is 1. The molecule has 1 rings (SSSR count). The highest BCUT2D eigenvalue weighted by molar-refractivity contribution is 5.51. The van der Waals surface area contributed by atoms with E-state index in [1.807, 2.05) is 0 Å². The number of nitrogens with zero attached hydrogens (tertiary/aromatic N) is 2. The summed E-state index contributed by atoms with van der Waals surface area (Å²) < 4.78 is 0. The molecule has 0 aromatic carbocycles. The molecule has 0 amide bonds. The molecule has 1 heterocycles. The Hall–Kier alpha value is -0.410. The molecule has 1 fully saturated rings. The third-order valence-electron chi connectivity index (χ3n) is 2.59. The van der Waals surface area contributed by atoms with Crippen LogP contribution < -0.4 is 0 Å². The topological polar surface area (TPSA) is 23.6 Å². The van der Waals surface area contributed by atoms with Gasteiger partial charge in [-0.05, 0) is 13.5 Å². The molecule has 0 radical (unpaired) electrons. The number of carbonyl (C=O) groups excluding carboxylic acids is 1. The van der Waals surface area contributed by atoms with E-state index < -0.39 is 0 Å². The summed E-state index contributed by atoms with van der Waals surface area (Å²) in [5.41, 5.74) is 0. The van der Waals surface area contributed by atoms with E-state index >= 15 is 0 Å². The van der Waals surface area contributed by atoms with Crippen LogP contribution in [0.3, 0.4) is 0 Å². The van der Waals surface area contributed by atoms with Crippen LogP contribution in [0.25, 0.3) is 0 Å². The second-order valence-electron chi connectivity index (χ2n) is 3.40. The first-order valence-corrected chi connectivity index (χ1v) is 4.68. The average Bonchev–Trinajstić information content (AvgIpc) is 2.05. The molecule has 3 nitrogen and oxygen atoms in total. The van der Waals surface area contributed by atoms with Crippen LogP contribution >= 0.6 is 0 Å². The Kier molecular flexibility index (Phi) is 3.69. The molecule has 0 aliphatic carbocycles. The SMILES string of the molecule is CCN1CCN(CC=O)CC1C. The molecule has 1 saturated heterocycles. The molecule has 0 saturated carbocycles. The Bertz CT molecular complexity index is 149. The van der Waals surface area contributed by atoms with Gasteiger partial charge in [-0.15, -0.1) is 0 Å². The Balaban J connectivity index is 2.34. The van der Waals surface area contributed by atoms with Crippen LogP contribution in [0.15, 0.2) is 0 Å². The van der Waals surface area contributed by atoms with E-state index in [4.69, 9.17) is 0 Å². The molecule has 3 heteroatoms. The van der Waals surface area contributed by atoms with Crippen molar-refractivity contribution in [2.24, 2.45) is 0 Å². The Morgan fingerprint density at radius 1 is 1.50 bits per heavy atom. The molecule has 70 valence electrons. The van der Waals surface area contributed by atoms with Crippen LogP contribution in [0.4, 0.5) is 0 Å². The van der Waals surface area contributed by atoms with Gasteiger partial charge in [-0.3, -0.25) is 9.80 Å². The maximum Gasteiger partial charge on any atom is 0.133 e. The number of piperazine rings is 1. The molecule has 0 N–H and O–H groups in total. The lowest BCUT2D eigenvalue weighted by atomic mass is 10.2. The van der Waals surface area contributed by atoms with E-state index in [9.17, 15) is 4.79 Å². The molecule has 0 bridgehead atoms. The van der Waals surface area contributed by atoms with Gasteiger partial charge in [0.1, 0.15) is 6.29 Å². The van der Waals surface area contributed by atoms with Crippen LogP contribution in [0.2, 0.25) is 0 Å². The van der Waals surface area contributed by atoms with E-state index in [1.165, 1.54) is 0 Å². The first-order chi connectivity index (χ1) is 5.77. The second-order valence-corrected chi connectivity index (χ2v) is 3.40. The lowest BCUT2D eigenvalue weighted by Gasteiger charge is -2.38. The summed E-state index contributed by atoms with van der Waals surface area (Å²) in [7, 11) is 0. The standard InChI is InChI=1S/C9H18N2O/c1-3-11-5-4-10(6-7-12)8-9(11)2/h7,9H,3-6,8H2,1-2H3. The lowest BCUT2D eigenvalue weighted by molar-refractivity contribution is -0.109. The fraction of sp³-hybridized carbons (Fsp3) is 0.889. The molecule has 0 aromatic heterocycles. The zero-order valence-corrected chi connectivity index (χ0v) is 7.99. The highest BCUT2D eigenvalue weighted by atomic mass is 16.1. The Labute approximate surface area is 74.3 Å². The van der Waals surface area contributed by atoms with Crippen molar-refractivity contribution in [3.8, 4) is 0 Å². The normalized spacial score (nSPS) is 27.3. The van der Waals surface area contributed by atoms with Crippen LogP contribution in [0, 0.1) is 0 Å². The van der Waals surface area contributed by atoms with Crippen molar-refractivity contribution >= 4 is 6.29 Å². The number of hydrogen-bond acceptors (Lipinski definition) is 3. The first kappa shape index (κ1) is 9.68. The minimum atomic E-state index is 0.599. The Morgan fingerprint density at radius 2 is 2.25 bits per heavy atom. The zero-order chi connectivity index (χ0) is 8.97. The molecule has 1 aliphatic heterocycles. The summed E-state index contributed by atoms with van der Waals surface area (Å²) >= 11 is 0. The summed E-state index contributed by atoms with van der Waals surface area (Å²) in [5.74, 6) is 0. The summed E-state index contributed by atoms with van der Waals surface area (Å²) in [5, 5.41) is 0. The average molecular weight is 170 g/mol. The van der Waals surface area contributed by atoms with Crippen LogP contribution in [0.1, 0.15) is 13.8 Å². The smallest absolute Gasteiger partial charge is 0.133 e. The monoisotopic (exact) mass is 170 g/mol. The van der Waals surface area contributed by atoms with Gasteiger partial charge in [0.2, 0.25) is 0 Å². The fourth-order valence-corrected chi connectivity index (χ4v) is 1.81. The molecule has 12 heavy (non-hydrogen) atoms. The van der Waals surface area contributed by atoms with Crippen molar-refractivity contribution in [1.82, 2.24) is 9.80 Å².